The van der Waals surface area contributed by atoms with Crippen LogP contribution in [0.15, 0.2) is 18.2 Å². The van der Waals surface area contributed by atoms with E-state index in [1.165, 1.54) is 12.1 Å². The van der Waals surface area contributed by atoms with Crippen molar-refractivity contribution in [1.82, 2.24) is 0 Å². The summed E-state index contributed by atoms with van der Waals surface area (Å²) in [5, 5.41) is 17.8. The first-order chi connectivity index (χ1) is 7.23. The van der Waals surface area contributed by atoms with E-state index in [0.717, 1.165) is 5.56 Å². The number of rotatable bonds is 2. The molecule has 0 aliphatic rings. The largest absolute Gasteiger partial charge is 0.478 e. The molecule has 0 atom stereocenters. The average molecular weight is 286 g/mol. The van der Waals surface area contributed by atoms with Crippen LogP contribution in [0.2, 0.25) is 0 Å². The Bertz CT molecular complexity index is 446. The zero-order chi connectivity index (χ0) is 12.5. The Morgan fingerprint density at radius 3 is 1.82 bits per heavy atom. The van der Waals surface area contributed by atoms with Gasteiger partial charge in [-0.05, 0) is 23.1 Å². The fourth-order valence-electron chi connectivity index (χ4n) is 1.37. The molecule has 0 aromatic heterocycles. The fraction of sp³-hybridized carbons (Fsp3) is 0.333. The Hall–Kier alpha value is -1.32. The van der Waals surface area contributed by atoms with Crippen molar-refractivity contribution >= 4 is 11.9 Å². The van der Waals surface area contributed by atoms with Crippen molar-refractivity contribution in [3.8, 4) is 0 Å². The maximum atomic E-state index is 10.9. The molecule has 1 aromatic carbocycles. The molecule has 97 valence electrons. The van der Waals surface area contributed by atoms with Gasteiger partial charge in [0, 0.05) is 17.1 Å². The van der Waals surface area contributed by atoms with Gasteiger partial charge < -0.3 is 10.2 Å². The van der Waals surface area contributed by atoms with E-state index in [1.54, 1.807) is 6.07 Å². The number of aromatic carboxylic acids is 2. The minimum Gasteiger partial charge on any atom is -0.478 e. The van der Waals surface area contributed by atoms with Crippen LogP contribution in [0.3, 0.4) is 0 Å². The SMILES string of the molecule is CC(C)(C)c1ccc(C(=O)O)c(C(=O)O)c1.[Cu]. The molecule has 2 N–H and O–H groups in total. The van der Waals surface area contributed by atoms with Gasteiger partial charge in [-0.15, -0.1) is 0 Å². The van der Waals surface area contributed by atoms with Gasteiger partial charge in [-0.2, -0.15) is 0 Å². The van der Waals surface area contributed by atoms with Crippen LogP contribution in [0.25, 0.3) is 0 Å². The summed E-state index contributed by atoms with van der Waals surface area (Å²) < 4.78 is 0. The molecule has 0 aliphatic heterocycles. The second-order valence-electron chi connectivity index (χ2n) is 4.62. The quantitative estimate of drug-likeness (QED) is 0.818. The van der Waals surface area contributed by atoms with Gasteiger partial charge >= 0.3 is 11.9 Å². The average Bonchev–Trinajstić information content (AvgIpc) is 2.15. The van der Waals surface area contributed by atoms with Gasteiger partial charge in [-0.25, -0.2) is 9.59 Å². The monoisotopic (exact) mass is 285 g/mol. The third-order valence-electron chi connectivity index (χ3n) is 2.35. The van der Waals surface area contributed by atoms with Crippen LogP contribution in [0.5, 0.6) is 0 Å². The second kappa shape index (κ2) is 5.34. The second-order valence-corrected chi connectivity index (χ2v) is 4.62. The van der Waals surface area contributed by atoms with Gasteiger partial charge in [-0.1, -0.05) is 26.8 Å². The predicted molar refractivity (Wildman–Crippen MR) is 59.1 cm³/mol. The molecule has 0 saturated heterocycles. The molecule has 1 rings (SSSR count). The number of carboxylic acid groups (broad SMARTS) is 2. The third kappa shape index (κ3) is 3.58. The van der Waals surface area contributed by atoms with Gasteiger partial charge in [0.25, 0.3) is 0 Å². The zero-order valence-electron chi connectivity index (χ0n) is 9.74. The molecule has 0 amide bonds. The van der Waals surface area contributed by atoms with Crippen LogP contribution >= 0.6 is 0 Å². The number of benzene rings is 1. The summed E-state index contributed by atoms with van der Waals surface area (Å²) in [6.07, 6.45) is 0. The molecule has 0 saturated carbocycles. The van der Waals surface area contributed by atoms with Gasteiger partial charge in [0.2, 0.25) is 0 Å². The number of carbonyl (C=O) groups is 2. The van der Waals surface area contributed by atoms with Crippen molar-refractivity contribution in [3.63, 3.8) is 0 Å². The van der Waals surface area contributed by atoms with E-state index in [1.807, 2.05) is 20.8 Å². The van der Waals surface area contributed by atoms with Crippen molar-refractivity contribution in [2.75, 3.05) is 0 Å². The molecule has 17 heavy (non-hydrogen) atoms. The first kappa shape index (κ1) is 15.7. The van der Waals surface area contributed by atoms with Crippen LogP contribution in [-0.4, -0.2) is 22.2 Å². The normalized spacial score (nSPS) is 10.5. The first-order valence-corrected chi connectivity index (χ1v) is 4.84. The molecular weight excluding hydrogens is 272 g/mol. The predicted octanol–water partition coefficient (Wildman–Crippen LogP) is 2.38. The standard InChI is InChI=1S/C12H14O4.Cu/c1-12(2,3)7-4-5-8(10(13)14)9(6-7)11(15)16;/h4-6H,1-3H3,(H,13,14)(H,15,16);. The van der Waals surface area contributed by atoms with Gasteiger partial charge in [0.05, 0.1) is 11.1 Å². The summed E-state index contributed by atoms with van der Waals surface area (Å²) in [7, 11) is 0. The first-order valence-electron chi connectivity index (χ1n) is 4.84. The van der Waals surface area contributed by atoms with E-state index in [9.17, 15) is 9.59 Å². The minimum atomic E-state index is -1.22. The Morgan fingerprint density at radius 1 is 1.00 bits per heavy atom. The molecular formula is C12H14CuO4. The molecule has 0 heterocycles. The van der Waals surface area contributed by atoms with Crippen molar-refractivity contribution in [1.29, 1.82) is 0 Å². The third-order valence-corrected chi connectivity index (χ3v) is 2.35. The van der Waals surface area contributed by atoms with Crippen molar-refractivity contribution in [2.45, 2.75) is 26.2 Å². The van der Waals surface area contributed by atoms with Crippen molar-refractivity contribution < 1.29 is 36.9 Å². The molecule has 4 nitrogen and oxygen atoms in total. The smallest absolute Gasteiger partial charge is 0.336 e. The van der Waals surface area contributed by atoms with Crippen LogP contribution in [0, 0.1) is 0 Å². The van der Waals surface area contributed by atoms with Crippen LogP contribution in [0.1, 0.15) is 47.1 Å². The molecule has 0 fully saturated rings. The summed E-state index contributed by atoms with van der Waals surface area (Å²) in [5.41, 5.74) is 0.247. The Morgan fingerprint density at radius 2 is 1.47 bits per heavy atom. The van der Waals surface area contributed by atoms with E-state index < -0.39 is 11.9 Å². The van der Waals surface area contributed by atoms with E-state index in [0.29, 0.717) is 0 Å². The Kier molecular flexibility index (Phi) is 4.93. The summed E-state index contributed by atoms with van der Waals surface area (Å²) >= 11 is 0. The van der Waals surface area contributed by atoms with Crippen LogP contribution in [-0.2, 0) is 22.5 Å². The summed E-state index contributed by atoms with van der Waals surface area (Å²) in [6, 6.07) is 4.41. The van der Waals surface area contributed by atoms with Gasteiger partial charge in [0.15, 0.2) is 0 Å². The number of carboxylic acids is 2. The fourth-order valence-corrected chi connectivity index (χ4v) is 1.37. The van der Waals surface area contributed by atoms with Gasteiger partial charge in [-0.3, -0.25) is 0 Å². The van der Waals surface area contributed by atoms with E-state index in [-0.39, 0.29) is 33.6 Å². The molecule has 5 heteroatoms. The molecule has 0 bridgehead atoms. The number of hydrogen-bond acceptors (Lipinski definition) is 2. The minimum absolute atomic E-state index is 0. The van der Waals surface area contributed by atoms with E-state index in [2.05, 4.69) is 0 Å². The molecule has 1 radical (unpaired) electrons. The summed E-state index contributed by atoms with van der Waals surface area (Å²) in [6.45, 7) is 5.82. The van der Waals surface area contributed by atoms with E-state index in [4.69, 9.17) is 10.2 Å². The van der Waals surface area contributed by atoms with E-state index >= 15 is 0 Å². The summed E-state index contributed by atoms with van der Waals surface area (Å²) in [4.78, 5) is 21.8. The van der Waals surface area contributed by atoms with Crippen LogP contribution in [0.4, 0.5) is 0 Å². The number of hydrogen-bond donors (Lipinski definition) is 2. The summed E-state index contributed by atoms with van der Waals surface area (Å²) in [5.74, 6) is -2.44. The maximum absolute atomic E-state index is 10.9. The van der Waals surface area contributed by atoms with Crippen LogP contribution < -0.4 is 0 Å². The zero-order valence-corrected chi connectivity index (χ0v) is 10.7. The molecule has 0 aliphatic carbocycles. The maximum Gasteiger partial charge on any atom is 0.336 e. The van der Waals surface area contributed by atoms with Gasteiger partial charge in [0.1, 0.15) is 0 Å². The van der Waals surface area contributed by atoms with Crippen molar-refractivity contribution in [3.05, 3.63) is 34.9 Å². The molecule has 1 aromatic rings. The molecule has 0 spiro atoms. The Labute approximate surface area is 110 Å². The van der Waals surface area contributed by atoms with Crippen molar-refractivity contribution in [2.24, 2.45) is 0 Å². The Balaban J connectivity index is 0.00000256. The topological polar surface area (TPSA) is 74.6 Å². The molecule has 0 unspecified atom stereocenters.